The quantitative estimate of drug-likeness (QED) is 0.658. The summed E-state index contributed by atoms with van der Waals surface area (Å²) >= 11 is 1.35. The van der Waals surface area contributed by atoms with Crippen LogP contribution in [-0.2, 0) is 9.59 Å². The molecule has 1 aliphatic rings. The lowest BCUT2D eigenvalue weighted by atomic mass is 10.3. The van der Waals surface area contributed by atoms with E-state index in [2.05, 4.69) is 22.5 Å². The van der Waals surface area contributed by atoms with Gasteiger partial charge in [-0.05, 0) is 17.9 Å². The van der Waals surface area contributed by atoms with Gasteiger partial charge in [-0.25, -0.2) is 0 Å². The Balaban J connectivity index is 1.64. The van der Waals surface area contributed by atoms with Crippen molar-refractivity contribution in [2.75, 3.05) is 45.8 Å². The molecule has 0 saturated carbocycles. The predicted octanol–water partition coefficient (Wildman–Crippen LogP) is 0.538. The fourth-order valence-corrected chi connectivity index (χ4v) is 3.22. The van der Waals surface area contributed by atoms with Crippen LogP contribution in [0.2, 0.25) is 0 Å². The maximum Gasteiger partial charge on any atom is 0.261 e. The monoisotopic (exact) mass is 366 g/mol. The molecule has 1 fully saturated rings. The van der Waals surface area contributed by atoms with E-state index in [0.29, 0.717) is 37.6 Å². The number of unbranched alkanes of at least 4 members (excludes halogenated alkanes) is 1. The van der Waals surface area contributed by atoms with Crippen molar-refractivity contribution in [3.05, 3.63) is 22.4 Å². The zero-order chi connectivity index (χ0) is 18.1. The molecule has 0 radical (unpaired) electrons. The van der Waals surface area contributed by atoms with E-state index in [1.165, 1.54) is 11.3 Å². The third kappa shape index (κ3) is 6.47. The standard InChI is InChI=1S/C17H26N4O3S/c1-2-3-6-18-15(22)13-20-7-9-21(10-8-20)16(23)12-19-17(24)14-5-4-11-25-14/h4-5,11H,2-3,6-10,12-13H2,1H3,(H,18,22)(H,19,24). The number of nitrogens with one attached hydrogen (secondary N) is 2. The molecule has 0 bridgehead atoms. The molecule has 0 aromatic carbocycles. The summed E-state index contributed by atoms with van der Waals surface area (Å²) in [5.41, 5.74) is 0. The third-order valence-corrected chi connectivity index (χ3v) is 4.96. The Morgan fingerprint density at radius 2 is 1.92 bits per heavy atom. The molecular weight excluding hydrogens is 340 g/mol. The molecule has 3 amide bonds. The number of thiophene rings is 1. The molecule has 25 heavy (non-hydrogen) atoms. The fourth-order valence-electron chi connectivity index (χ4n) is 2.58. The highest BCUT2D eigenvalue weighted by atomic mass is 32.1. The molecule has 0 spiro atoms. The first-order valence-electron chi connectivity index (χ1n) is 8.68. The van der Waals surface area contributed by atoms with Crippen LogP contribution in [0.1, 0.15) is 29.4 Å². The number of nitrogens with zero attached hydrogens (tertiary/aromatic N) is 2. The molecule has 0 atom stereocenters. The minimum atomic E-state index is -0.217. The van der Waals surface area contributed by atoms with Gasteiger partial charge in [0.15, 0.2) is 0 Å². The number of hydrogen-bond acceptors (Lipinski definition) is 5. The van der Waals surface area contributed by atoms with Crippen molar-refractivity contribution in [1.82, 2.24) is 20.4 Å². The van der Waals surface area contributed by atoms with Crippen LogP contribution in [0.3, 0.4) is 0 Å². The van der Waals surface area contributed by atoms with Crippen molar-refractivity contribution < 1.29 is 14.4 Å². The highest BCUT2D eigenvalue weighted by Crippen LogP contribution is 2.07. The largest absolute Gasteiger partial charge is 0.355 e. The SMILES string of the molecule is CCCCNC(=O)CN1CCN(C(=O)CNC(=O)c2cccs2)CC1. The predicted molar refractivity (Wildman–Crippen MR) is 97.6 cm³/mol. The summed E-state index contributed by atoms with van der Waals surface area (Å²) in [7, 11) is 0. The Morgan fingerprint density at radius 1 is 1.16 bits per heavy atom. The summed E-state index contributed by atoms with van der Waals surface area (Å²) in [5.74, 6) is -0.265. The van der Waals surface area contributed by atoms with Crippen molar-refractivity contribution in [2.24, 2.45) is 0 Å². The van der Waals surface area contributed by atoms with Crippen LogP contribution in [-0.4, -0.2) is 73.3 Å². The van der Waals surface area contributed by atoms with Crippen LogP contribution in [0.25, 0.3) is 0 Å². The molecule has 1 aliphatic heterocycles. The smallest absolute Gasteiger partial charge is 0.261 e. The molecule has 1 aromatic rings. The minimum absolute atomic E-state index is 0.00817. The first kappa shape index (κ1) is 19.4. The van der Waals surface area contributed by atoms with Crippen LogP contribution in [0.4, 0.5) is 0 Å². The average Bonchev–Trinajstić information content (AvgIpc) is 3.15. The maximum absolute atomic E-state index is 12.2. The second kappa shape index (κ2) is 10.1. The van der Waals surface area contributed by atoms with Crippen molar-refractivity contribution in [3.8, 4) is 0 Å². The van der Waals surface area contributed by atoms with Gasteiger partial charge in [0.1, 0.15) is 0 Å². The van der Waals surface area contributed by atoms with Gasteiger partial charge < -0.3 is 15.5 Å². The summed E-state index contributed by atoms with van der Waals surface area (Å²) in [6, 6.07) is 3.54. The summed E-state index contributed by atoms with van der Waals surface area (Å²) in [4.78, 5) is 40.2. The van der Waals surface area contributed by atoms with Gasteiger partial charge in [-0.1, -0.05) is 19.4 Å². The second-order valence-corrected chi connectivity index (χ2v) is 6.97. The number of piperazine rings is 1. The van der Waals surface area contributed by atoms with E-state index < -0.39 is 0 Å². The lowest BCUT2D eigenvalue weighted by Gasteiger charge is -2.34. The topological polar surface area (TPSA) is 81.8 Å². The van der Waals surface area contributed by atoms with Crippen LogP contribution in [0, 0.1) is 0 Å². The Labute approximate surface area is 152 Å². The van der Waals surface area contributed by atoms with E-state index in [-0.39, 0.29) is 24.3 Å². The van der Waals surface area contributed by atoms with Crippen molar-refractivity contribution in [3.63, 3.8) is 0 Å². The lowest BCUT2D eigenvalue weighted by molar-refractivity contribution is -0.132. The molecule has 2 heterocycles. The Bertz CT molecular complexity index is 568. The van der Waals surface area contributed by atoms with E-state index >= 15 is 0 Å². The minimum Gasteiger partial charge on any atom is -0.355 e. The summed E-state index contributed by atoms with van der Waals surface area (Å²) in [5, 5.41) is 7.39. The summed E-state index contributed by atoms with van der Waals surface area (Å²) in [6.45, 7) is 5.70. The van der Waals surface area contributed by atoms with E-state index in [1.54, 1.807) is 17.0 Å². The van der Waals surface area contributed by atoms with Crippen molar-refractivity contribution >= 4 is 29.1 Å². The molecule has 2 N–H and O–H groups in total. The molecule has 1 aromatic heterocycles. The number of carbonyl (C=O) groups excluding carboxylic acids is 3. The Kier molecular flexibility index (Phi) is 7.87. The van der Waals surface area contributed by atoms with Gasteiger partial charge in [-0.2, -0.15) is 0 Å². The zero-order valence-corrected chi connectivity index (χ0v) is 15.4. The third-order valence-electron chi connectivity index (χ3n) is 4.09. The number of amides is 3. The molecular formula is C17H26N4O3S. The van der Waals surface area contributed by atoms with Crippen LogP contribution in [0.15, 0.2) is 17.5 Å². The van der Waals surface area contributed by atoms with E-state index in [0.717, 1.165) is 19.4 Å². The molecule has 1 saturated heterocycles. The van der Waals surface area contributed by atoms with Gasteiger partial charge in [-0.15, -0.1) is 11.3 Å². The van der Waals surface area contributed by atoms with Gasteiger partial charge in [-0.3, -0.25) is 19.3 Å². The first-order chi connectivity index (χ1) is 12.1. The zero-order valence-electron chi connectivity index (χ0n) is 14.6. The first-order valence-corrected chi connectivity index (χ1v) is 9.56. The van der Waals surface area contributed by atoms with Crippen LogP contribution in [0.5, 0.6) is 0 Å². The number of hydrogen-bond donors (Lipinski definition) is 2. The Hall–Kier alpha value is -1.93. The highest BCUT2D eigenvalue weighted by Gasteiger charge is 2.22. The molecule has 8 heteroatoms. The normalized spacial score (nSPS) is 15.0. The van der Waals surface area contributed by atoms with Crippen LogP contribution >= 0.6 is 11.3 Å². The molecule has 138 valence electrons. The van der Waals surface area contributed by atoms with E-state index in [4.69, 9.17) is 0 Å². The summed E-state index contributed by atoms with van der Waals surface area (Å²) in [6.07, 6.45) is 2.05. The fraction of sp³-hybridized carbons (Fsp3) is 0.588. The van der Waals surface area contributed by atoms with Gasteiger partial charge in [0.25, 0.3) is 5.91 Å². The number of carbonyl (C=O) groups is 3. The van der Waals surface area contributed by atoms with Crippen molar-refractivity contribution in [1.29, 1.82) is 0 Å². The Morgan fingerprint density at radius 3 is 2.56 bits per heavy atom. The van der Waals surface area contributed by atoms with E-state index in [9.17, 15) is 14.4 Å². The second-order valence-electron chi connectivity index (χ2n) is 6.02. The van der Waals surface area contributed by atoms with Crippen molar-refractivity contribution in [2.45, 2.75) is 19.8 Å². The van der Waals surface area contributed by atoms with Gasteiger partial charge >= 0.3 is 0 Å². The lowest BCUT2D eigenvalue weighted by Crippen LogP contribution is -2.53. The van der Waals surface area contributed by atoms with Gasteiger partial charge in [0, 0.05) is 32.7 Å². The van der Waals surface area contributed by atoms with Crippen LogP contribution < -0.4 is 10.6 Å². The van der Waals surface area contributed by atoms with E-state index in [1.807, 2.05) is 5.38 Å². The molecule has 0 aliphatic carbocycles. The van der Waals surface area contributed by atoms with Gasteiger partial charge in [0.05, 0.1) is 18.0 Å². The van der Waals surface area contributed by atoms with Gasteiger partial charge in [0.2, 0.25) is 11.8 Å². The maximum atomic E-state index is 12.2. The number of rotatable bonds is 8. The average molecular weight is 366 g/mol. The molecule has 7 nitrogen and oxygen atoms in total. The molecule has 0 unspecified atom stereocenters. The summed E-state index contributed by atoms with van der Waals surface area (Å²) < 4.78 is 0. The molecule has 2 rings (SSSR count). The highest BCUT2D eigenvalue weighted by molar-refractivity contribution is 7.12.